The van der Waals surface area contributed by atoms with Gasteiger partial charge in [-0.25, -0.2) is 9.97 Å². The first-order chi connectivity index (χ1) is 12.6. The van der Waals surface area contributed by atoms with Gasteiger partial charge in [0.2, 0.25) is 5.91 Å². The number of fused-ring (bicyclic) bond motifs is 1. The highest BCUT2D eigenvalue weighted by Crippen LogP contribution is 2.29. The minimum atomic E-state index is 0.00124. The molecule has 0 bridgehead atoms. The van der Waals surface area contributed by atoms with E-state index in [4.69, 9.17) is 0 Å². The summed E-state index contributed by atoms with van der Waals surface area (Å²) in [6.07, 6.45) is 3.37. The molecule has 1 amide bonds. The Morgan fingerprint density at radius 3 is 2.77 bits per heavy atom. The van der Waals surface area contributed by atoms with E-state index < -0.39 is 0 Å². The zero-order valence-corrected chi connectivity index (χ0v) is 15.6. The van der Waals surface area contributed by atoms with Crippen LogP contribution in [-0.2, 0) is 4.79 Å². The molecule has 3 aromatic heterocycles. The number of anilines is 2. The Labute approximate surface area is 155 Å². The highest BCUT2D eigenvalue weighted by atomic mass is 32.1. The summed E-state index contributed by atoms with van der Waals surface area (Å²) in [7, 11) is 0. The molecule has 0 unspecified atom stereocenters. The fraction of sp³-hybridized carbons (Fsp3) is 0.389. The minimum absolute atomic E-state index is 0.00124. The van der Waals surface area contributed by atoms with E-state index in [1.165, 1.54) is 11.7 Å². The maximum atomic E-state index is 12.5. The fourth-order valence-corrected chi connectivity index (χ4v) is 3.78. The number of piperidine rings is 1. The van der Waals surface area contributed by atoms with Crippen LogP contribution >= 0.6 is 11.7 Å². The predicted octanol–water partition coefficient (Wildman–Crippen LogP) is 2.95. The molecule has 1 aliphatic rings. The number of hydrogen-bond donors (Lipinski definition) is 1. The number of amides is 1. The van der Waals surface area contributed by atoms with Crippen LogP contribution in [0, 0.1) is 19.8 Å². The lowest BCUT2D eigenvalue weighted by Crippen LogP contribution is -2.38. The monoisotopic (exact) mass is 368 g/mol. The van der Waals surface area contributed by atoms with E-state index in [-0.39, 0.29) is 11.8 Å². The maximum absolute atomic E-state index is 12.5. The lowest BCUT2D eigenvalue weighted by atomic mass is 9.95. The molecule has 0 aliphatic carbocycles. The van der Waals surface area contributed by atoms with Crippen molar-refractivity contribution in [3.8, 4) is 0 Å². The lowest BCUT2D eigenvalue weighted by Gasteiger charge is -2.33. The van der Waals surface area contributed by atoms with E-state index in [0.717, 1.165) is 48.4 Å². The molecule has 0 saturated carbocycles. The smallest absolute Gasteiger partial charge is 0.228 e. The van der Waals surface area contributed by atoms with E-state index in [0.29, 0.717) is 11.5 Å². The Morgan fingerprint density at radius 1 is 1.23 bits per heavy atom. The van der Waals surface area contributed by atoms with Crippen molar-refractivity contribution in [3.05, 3.63) is 35.7 Å². The van der Waals surface area contributed by atoms with Gasteiger partial charge in [0.1, 0.15) is 11.3 Å². The van der Waals surface area contributed by atoms with Crippen LogP contribution in [0.3, 0.4) is 0 Å². The van der Waals surface area contributed by atoms with Gasteiger partial charge < -0.3 is 10.2 Å². The van der Waals surface area contributed by atoms with Crippen LogP contribution in [0.5, 0.6) is 0 Å². The van der Waals surface area contributed by atoms with E-state index in [9.17, 15) is 4.79 Å². The minimum Gasteiger partial charge on any atom is -0.370 e. The average Bonchev–Trinajstić information content (AvgIpc) is 3.11. The maximum Gasteiger partial charge on any atom is 0.228 e. The zero-order chi connectivity index (χ0) is 18.1. The van der Waals surface area contributed by atoms with E-state index >= 15 is 0 Å². The first kappa shape index (κ1) is 16.8. The van der Waals surface area contributed by atoms with Crippen molar-refractivity contribution in [2.75, 3.05) is 23.3 Å². The molecule has 7 nitrogen and oxygen atoms in total. The first-order valence-electron chi connectivity index (χ1n) is 8.68. The van der Waals surface area contributed by atoms with Gasteiger partial charge in [-0.15, -0.1) is 0 Å². The van der Waals surface area contributed by atoms with Gasteiger partial charge in [-0.1, -0.05) is 6.07 Å². The third kappa shape index (κ3) is 3.37. The van der Waals surface area contributed by atoms with Gasteiger partial charge in [-0.05, 0) is 44.4 Å². The molecule has 26 heavy (non-hydrogen) atoms. The van der Waals surface area contributed by atoms with Crippen LogP contribution in [0.4, 0.5) is 11.5 Å². The average molecular weight is 368 g/mol. The number of aryl methyl sites for hydroxylation is 2. The molecule has 8 heteroatoms. The molecule has 134 valence electrons. The summed E-state index contributed by atoms with van der Waals surface area (Å²) in [4.78, 5) is 23.5. The van der Waals surface area contributed by atoms with Gasteiger partial charge in [-0.2, -0.15) is 8.75 Å². The summed E-state index contributed by atoms with van der Waals surface area (Å²) < 4.78 is 8.64. The molecule has 0 radical (unpaired) electrons. The van der Waals surface area contributed by atoms with Crippen LogP contribution in [0.15, 0.2) is 24.4 Å². The highest BCUT2D eigenvalue weighted by Gasteiger charge is 2.27. The van der Waals surface area contributed by atoms with Crippen molar-refractivity contribution in [1.29, 1.82) is 0 Å². The molecule has 1 saturated heterocycles. The van der Waals surface area contributed by atoms with Crippen LogP contribution in [0.2, 0.25) is 0 Å². The third-order valence-electron chi connectivity index (χ3n) is 4.71. The Kier molecular flexibility index (Phi) is 4.50. The highest BCUT2D eigenvalue weighted by molar-refractivity contribution is 7.00. The number of pyridine rings is 2. The molecule has 0 atom stereocenters. The van der Waals surface area contributed by atoms with Crippen LogP contribution < -0.4 is 10.2 Å². The number of rotatable bonds is 3. The Balaban J connectivity index is 1.42. The molecule has 0 spiro atoms. The van der Waals surface area contributed by atoms with Crippen molar-refractivity contribution in [2.24, 2.45) is 5.92 Å². The number of nitrogens with one attached hydrogen (secondary N) is 1. The number of nitrogens with zero attached hydrogens (tertiary/aromatic N) is 5. The molecule has 1 aliphatic heterocycles. The van der Waals surface area contributed by atoms with Crippen LogP contribution in [0.25, 0.3) is 11.2 Å². The summed E-state index contributed by atoms with van der Waals surface area (Å²) in [5.74, 6) is 0.664. The third-order valence-corrected chi connectivity index (χ3v) is 5.23. The van der Waals surface area contributed by atoms with Gasteiger partial charge in [0.15, 0.2) is 5.65 Å². The normalized spacial score (nSPS) is 15.4. The second kappa shape index (κ2) is 6.95. The Hall–Kier alpha value is -2.61. The molecule has 1 fully saturated rings. The standard InChI is InChI=1S/C18H20N6OS/c1-11-3-4-15(19-10-11)21-18(25)13-5-7-24(8-6-13)14-9-12(2)20-17-16(14)22-26-23-17/h3-4,9-10,13H,5-8H2,1-2H3,(H,19,21,25). The van der Waals surface area contributed by atoms with Crippen LogP contribution in [0.1, 0.15) is 24.1 Å². The van der Waals surface area contributed by atoms with Gasteiger partial charge in [0.05, 0.1) is 17.4 Å². The molecular formula is C18H20N6OS. The van der Waals surface area contributed by atoms with Crippen LogP contribution in [-0.4, -0.2) is 37.7 Å². The van der Waals surface area contributed by atoms with E-state index in [1.54, 1.807) is 6.20 Å². The van der Waals surface area contributed by atoms with Gasteiger partial charge >= 0.3 is 0 Å². The second-order valence-electron chi connectivity index (χ2n) is 6.69. The van der Waals surface area contributed by atoms with Gasteiger partial charge in [-0.3, -0.25) is 4.79 Å². The van der Waals surface area contributed by atoms with Crippen molar-refractivity contribution in [2.45, 2.75) is 26.7 Å². The largest absolute Gasteiger partial charge is 0.370 e. The summed E-state index contributed by atoms with van der Waals surface area (Å²) in [5, 5.41) is 2.93. The zero-order valence-electron chi connectivity index (χ0n) is 14.8. The number of carbonyl (C=O) groups excluding carboxylic acids is 1. The molecular weight excluding hydrogens is 348 g/mol. The van der Waals surface area contributed by atoms with Gasteiger partial charge in [0.25, 0.3) is 0 Å². The topological polar surface area (TPSA) is 83.9 Å². The second-order valence-corrected chi connectivity index (χ2v) is 7.22. The van der Waals surface area contributed by atoms with Gasteiger partial charge in [0, 0.05) is 30.9 Å². The Bertz CT molecular complexity index is 931. The van der Waals surface area contributed by atoms with Crippen molar-refractivity contribution in [3.63, 3.8) is 0 Å². The van der Waals surface area contributed by atoms with Crippen molar-refractivity contribution in [1.82, 2.24) is 18.7 Å². The number of carbonyl (C=O) groups is 1. The summed E-state index contributed by atoms with van der Waals surface area (Å²) in [6, 6.07) is 5.85. The Morgan fingerprint density at radius 2 is 2.04 bits per heavy atom. The molecule has 4 heterocycles. The quantitative estimate of drug-likeness (QED) is 0.765. The summed E-state index contributed by atoms with van der Waals surface area (Å²) in [6.45, 7) is 5.58. The van der Waals surface area contributed by atoms with E-state index in [1.807, 2.05) is 26.0 Å². The molecule has 3 aromatic rings. The molecule has 4 rings (SSSR count). The molecule has 1 N–H and O–H groups in total. The van der Waals surface area contributed by atoms with E-state index in [2.05, 4.69) is 35.0 Å². The number of hydrogen-bond acceptors (Lipinski definition) is 7. The predicted molar refractivity (Wildman–Crippen MR) is 102 cm³/mol. The lowest BCUT2D eigenvalue weighted by molar-refractivity contribution is -0.120. The van der Waals surface area contributed by atoms with Crippen molar-refractivity contribution < 1.29 is 4.79 Å². The summed E-state index contributed by atoms with van der Waals surface area (Å²) in [5.41, 5.74) is 4.64. The SMILES string of the molecule is Cc1ccc(NC(=O)C2CCN(c3cc(C)nc4nsnc34)CC2)nc1. The fourth-order valence-electron chi connectivity index (χ4n) is 3.28. The van der Waals surface area contributed by atoms with Crippen molar-refractivity contribution >= 4 is 40.3 Å². The molecule has 0 aromatic carbocycles. The number of aromatic nitrogens is 4. The summed E-state index contributed by atoms with van der Waals surface area (Å²) >= 11 is 1.19. The first-order valence-corrected chi connectivity index (χ1v) is 9.41.